The zero-order valence-electron chi connectivity index (χ0n) is 35.9. The Morgan fingerprint density at radius 1 is 0.472 bits per heavy atom. The Labute approximate surface area is 330 Å². The van der Waals surface area contributed by atoms with Crippen LogP contribution in [-0.4, -0.2) is 46.9 Å². The fourth-order valence-electron chi connectivity index (χ4n) is 7.55. The number of carbonyl (C=O) groups excluding carboxylic acids is 2. The Balaban J connectivity index is 4.47. The van der Waals surface area contributed by atoms with Crippen molar-refractivity contribution in [3.8, 4) is 0 Å². The van der Waals surface area contributed by atoms with Gasteiger partial charge in [-0.15, -0.1) is 0 Å². The van der Waals surface area contributed by atoms with Gasteiger partial charge in [-0.3, -0.25) is 9.59 Å². The summed E-state index contributed by atoms with van der Waals surface area (Å²) in [6, 6.07) is -0.689. The molecule has 6 nitrogen and oxygen atoms in total. The number of aliphatic hydroxyl groups is 2. The zero-order chi connectivity index (χ0) is 38.9. The third-order valence-corrected chi connectivity index (χ3v) is 11.2. The van der Waals surface area contributed by atoms with Gasteiger partial charge in [0.15, 0.2) is 0 Å². The van der Waals surface area contributed by atoms with Crippen molar-refractivity contribution < 1.29 is 24.5 Å². The molecular formula is C47H93NO5. The fraction of sp³-hybridized carbons (Fsp3) is 0.957. The fourth-order valence-corrected chi connectivity index (χ4v) is 7.55. The van der Waals surface area contributed by atoms with E-state index < -0.39 is 18.2 Å². The van der Waals surface area contributed by atoms with Gasteiger partial charge in [0.2, 0.25) is 5.91 Å². The summed E-state index contributed by atoms with van der Waals surface area (Å²) >= 11 is 0. The Kier molecular flexibility index (Phi) is 41.1. The first-order valence-electron chi connectivity index (χ1n) is 23.8. The maximum atomic E-state index is 13.1. The van der Waals surface area contributed by atoms with Crippen LogP contribution in [0.1, 0.15) is 265 Å². The van der Waals surface area contributed by atoms with E-state index in [9.17, 15) is 19.8 Å². The van der Waals surface area contributed by atoms with E-state index in [4.69, 9.17) is 4.74 Å². The molecule has 0 saturated carbocycles. The highest BCUT2D eigenvalue weighted by Crippen LogP contribution is 2.18. The van der Waals surface area contributed by atoms with Gasteiger partial charge in [0.1, 0.15) is 6.10 Å². The quantitative estimate of drug-likeness (QED) is 0.0426. The van der Waals surface area contributed by atoms with E-state index in [0.717, 1.165) is 38.5 Å². The molecule has 0 aromatic carbocycles. The highest BCUT2D eigenvalue weighted by molar-refractivity contribution is 5.77. The Morgan fingerprint density at radius 2 is 0.792 bits per heavy atom. The molecule has 3 N–H and O–H groups in total. The molecule has 53 heavy (non-hydrogen) atoms. The molecule has 0 aliphatic rings. The number of amides is 1. The van der Waals surface area contributed by atoms with Crippen LogP contribution < -0.4 is 5.32 Å². The van der Waals surface area contributed by atoms with Gasteiger partial charge in [0.25, 0.3) is 0 Å². The first-order valence-corrected chi connectivity index (χ1v) is 23.8. The van der Waals surface area contributed by atoms with Crippen molar-refractivity contribution in [2.24, 2.45) is 0 Å². The van der Waals surface area contributed by atoms with Crippen molar-refractivity contribution in [1.82, 2.24) is 5.32 Å². The van der Waals surface area contributed by atoms with Gasteiger partial charge in [0.05, 0.1) is 25.2 Å². The SMILES string of the molecule is CCCCCCCCCCCCCCCCCC(=O)OC(CCCCCCCCCCCC)CC(=O)NC(CO)C(O)CCCCCCCCCCC. The number of ether oxygens (including phenoxy) is 1. The van der Waals surface area contributed by atoms with Crippen LogP contribution >= 0.6 is 0 Å². The van der Waals surface area contributed by atoms with Crippen molar-refractivity contribution in [2.75, 3.05) is 6.61 Å². The summed E-state index contributed by atoms with van der Waals surface area (Å²) < 4.78 is 5.91. The van der Waals surface area contributed by atoms with Crippen molar-refractivity contribution in [3.05, 3.63) is 0 Å². The van der Waals surface area contributed by atoms with Crippen LogP contribution in [0.4, 0.5) is 0 Å². The van der Waals surface area contributed by atoms with Gasteiger partial charge in [-0.05, 0) is 25.7 Å². The van der Waals surface area contributed by atoms with Crippen LogP contribution in [-0.2, 0) is 14.3 Å². The lowest BCUT2D eigenvalue weighted by molar-refractivity contribution is -0.151. The third kappa shape index (κ3) is 37.6. The number of unbranched alkanes of at least 4 members (excludes halogenated alkanes) is 31. The summed E-state index contributed by atoms with van der Waals surface area (Å²) in [6.45, 7) is 6.47. The summed E-state index contributed by atoms with van der Waals surface area (Å²) in [5.74, 6) is -0.458. The Hall–Kier alpha value is -1.14. The monoisotopic (exact) mass is 752 g/mol. The first-order chi connectivity index (χ1) is 26.0. The molecule has 0 heterocycles. The average Bonchev–Trinajstić information content (AvgIpc) is 3.15. The van der Waals surface area contributed by atoms with Crippen LogP contribution in [0, 0.1) is 0 Å². The average molecular weight is 752 g/mol. The molecule has 0 saturated heterocycles. The van der Waals surface area contributed by atoms with E-state index in [0.29, 0.717) is 19.3 Å². The van der Waals surface area contributed by atoms with Crippen molar-refractivity contribution in [1.29, 1.82) is 0 Å². The molecule has 6 heteroatoms. The normalized spacial score (nSPS) is 13.2. The largest absolute Gasteiger partial charge is 0.462 e. The van der Waals surface area contributed by atoms with E-state index in [1.54, 1.807) is 0 Å². The van der Waals surface area contributed by atoms with Crippen LogP contribution in [0.5, 0.6) is 0 Å². The molecule has 0 spiro atoms. The minimum atomic E-state index is -0.776. The van der Waals surface area contributed by atoms with Gasteiger partial charge in [-0.1, -0.05) is 226 Å². The van der Waals surface area contributed by atoms with Gasteiger partial charge in [0, 0.05) is 6.42 Å². The van der Waals surface area contributed by atoms with Gasteiger partial charge < -0.3 is 20.3 Å². The molecule has 316 valence electrons. The molecule has 3 atom stereocenters. The van der Waals surface area contributed by atoms with E-state index >= 15 is 0 Å². The maximum Gasteiger partial charge on any atom is 0.306 e. The molecule has 3 unspecified atom stereocenters. The molecule has 0 aromatic rings. The number of aliphatic hydroxyl groups excluding tert-OH is 2. The molecule has 0 radical (unpaired) electrons. The minimum absolute atomic E-state index is 0.0866. The zero-order valence-corrected chi connectivity index (χ0v) is 35.9. The smallest absolute Gasteiger partial charge is 0.306 e. The molecule has 0 aromatic heterocycles. The lowest BCUT2D eigenvalue weighted by Crippen LogP contribution is -2.46. The van der Waals surface area contributed by atoms with E-state index in [-0.39, 0.29) is 24.9 Å². The summed E-state index contributed by atoms with van der Waals surface area (Å²) in [6.07, 6.45) is 43.1. The second kappa shape index (κ2) is 42.0. The number of hydrogen-bond donors (Lipinski definition) is 3. The molecule has 0 aliphatic heterocycles. The van der Waals surface area contributed by atoms with Gasteiger partial charge in [-0.2, -0.15) is 0 Å². The van der Waals surface area contributed by atoms with Crippen LogP contribution in [0.15, 0.2) is 0 Å². The van der Waals surface area contributed by atoms with Crippen LogP contribution in [0.2, 0.25) is 0 Å². The number of nitrogens with one attached hydrogen (secondary N) is 1. The van der Waals surface area contributed by atoms with Gasteiger partial charge in [-0.25, -0.2) is 0 Å². The Morgan fingerprint density at radius 3 is 1.15 bits per heavy atom. The molecule has 0 fully saturated rings. The lowest BCUT2D eigenvalue weighted by Gasteiger charge is -2.24. The van der Waals surface area contributed by atoms with Crippen LogP contribution in [0.25, 0.3) is 0 Å². The highest BCUT2D eigenvalue weighted by Gasteiger charge is 2.24. The highest BCUT2D eigenvalue weighted by atomic mass is 16.5. The minimum Gasteiger partial charge on any atom is -0.462 e. The van der Waals surface area contributed by atoms with E-state index in [1.807, 2.05) is 0 Å². The summed E-state index contributed by atoms with van der Waals surface area (Å²) in [4.78, 5) is 26.0. The molecule has 0 rings (SSSR count). The summed E-state index contributed by atoms with van der Waals surface area (Å²) in [7, 11) is 0. The maximum absolute atomic E-state index is 13.1. The summed E-state index contributed by atoms with van der Waals surface area (Å²) in [5.41, 5.74) is 0. The van der Waals surface area contributed by atoms with Crippen LogP contribution in [0.3, 0.4) is 0 Å². The predicted molar refractivity (Wildman–Crippen MR) is 227 cm³/mol. The standard InChI is InChI=1S/C47H93NO5/c1-4-7-10-13-16-19-21-22-23-24-25-28-31-34-37-40-47(52)53-43(38-35-32-29-27-20-17-14-11-8-5-2)41-46(51)48-44(42-49)45(50)39-36-33-30-26-18-15-12-9-6-3/h43-45,49-50H,4-42H2,1-3H3,(H,48,51). The van der Waals surface area contributed by atoms with Gasteiger partial charge >= 0.3 is 5.97 Å². The van der Waals surface area contributed by atoms with E-state index in [2.05, 4.69) is 26.1 Å². The number of rotatable bonds is 43. The molecule has 0 bridgehead atoms. The number of hydrogen-bond acceptors (Lipinski definition) is 5. The Bertz CT molecular complexity index is 761. The topological polar surface area (TPSA) is 95.9 Å². The number of esters is 1. The third-order valence-electron chi connectivity index (χ3n) is 11.2. The van der Waals surface area contributed by atoms with Crippen molar-refractivity contribution in [3.63, 3.8) is 0 Å². The van der Waals surface area contributed by atoms with Crippen molar-refractivity contribution >= 4 is 11.9 Å². The molecule has 1 amide bonds. The van der Waals surface area contributed by atoms with Crippen molar-refractivity contribution in [2.45, 2.75) is 283 Å². The lowest BCUT2D eigenvalue weighted by atomic mass is 10.0. The summed E-state index contributed by atoms with van der Waals surface area (Å²) in [5, 5.41) is 23.6. The molecule has 0 aliphatic carbocycles. The first kappa shape index (κ1) is 51.9. The number of carbonyl (C=O) groups is 2. The predicted octanol–water partition coefficient (Wildman–Crippen LogP) is 13.6. The molecular weight excluding hydrogens is 659 g/mol. The second-order valence-corrected chi connectivity index (χ2v) is 16.5. The second-order valence-electron chi connectivity index (χ2n) is 16.5. The van der Waals surface area contributed by atoms with E-state index in [1.165, 1.54) is 180 Å².